The molecule has 0 radical (unpaired) electrons. The highest BCUT2D eigenvalue weighted by Gasteiger charge is 2.31. The average Bonchev–Trinajstić information content (AvgIpc) is 2.69. The largest absolute Gasteiger partial charge is 0.483 e. The van der Waals surface area contributed by atoms with Gasteiger partial charge in [-0.3, -0.25) is 4.79 Å². The van der Waals surface area contributed by atoms with Gasteiger partial charge in [0.05, 0.1) is 22.4 Å². The summed E-state index contributed by atoms with van der Waals surface area (Å²) in [5, 5.41) is 1.72. The van der Waals surface area contributed by atoms with Crippen LogP contribution in [0.1, 0.15) is 0 Å². The summed E-state index contributed by atoms with van der Waals surface area (Å²) in [7, 11) is 1.77. The zero-order chi connectivity index (χ0) is 20.3. The molecule has 0 fully saturated rings. The Bertz CT molecular complexity index is 1350. The van der Waals surface area contributed by atoms with Crippen molar-refractivity contribution in [3.8, 4) is 28.5 Å². The van der Waals surface area contributed by atoms with Crippen LogP contribution in [-0.4, -0.2) is 12.5 Å². The lowest BCUT2D eigenvalue weighted by atomic mass is 9.96. The fourth-order valence-corrected chi connectivity index (χ4v) is 3.90. The summed E-state index contributed by atoms with van der Waals surface area (Å²) in [6.45, 7) is -0.360. The summed E-state index contributed by atoms with van der Waals surface area (Å²) in [6, 6.07) is 12.5. The molecule has 4 aromatic rings. The van der Waals surface area contributed by atoms with Gasteiger partial charge >= 0.3 is 0 Å². The SMILES string of the molecule is C[n+]1c2c3c(cccc3c3c(F)cc(OCC(N)=O)cc31)Oc1ccc(F)cc1-2. The minimum atomic E-state index is -0.658. The maximum atomic E-state index is 15.1. The molecule has 0 atom stereocenters. The minimum Gasteiger partial charge on any atom is -0.483 e. The van der Waals surface area contributed by atoms with Crippen molar-refractivity contribution in [3.05, 3.63) is 60.2 Å². The highest BCUT2D eigenvalue weighted by molar-refractivity contribution is 6.13. The fraction of sp³-hybridized carbons (Fsp3) is 0.0909. The lowest BCUT2D eigenvalue weighted by molar-refractivity contribution is -0.632. The number of pyridine rings is 1. The average molecular weight is 393 g/mol. The van der Waals surface area contributed by atoms with Gasteiger partial charge in [-0.25, -0.2) is 8.78 Å². The summed E-state index contributed by atoms with van der Waals surface area (Å²) >= 11 is 0. The normalized spacial score (nSPS) is 12.0. The van der Waals surface area contributed by atoms with E-state index in [9.17, 15) is 9.18 Å². The smallest absolute Gasteiger partial charge is 0.255 e. The first-order valence-corrected chi connectivity index (χ1v) is 8.91. The molecule has 1 amide bonds. The van der Waals surface area contributed by atoms with Crippen molar-refractivity contribution in [3.63, 3.8) is 0 Å². The topological polar surface area (TPSA) is 65.4 Å². The standard InChI is InChI=1S/C22H14F2N2O3/c1-26-16-9-12(28-10-19(25)27)8-15(24)20(16)13-3-2-4-18-21(13)22(26)14-7-11(23)5-6-17(14)29-18/h2-9H,10H2,1H3,(H-,25,27)/p+1. The molecule has 2 N–H and O–H groups in total. The first-order valence-electron chi connectivity index (χ1n) is 8.91. The zero-order valence-electron chi connectivity index (χ0n) is 15.3. The van der Waals surface area contributed by atoms with Crippen molar-refractivity contribution in [2.75, 3.05) is 6.61 Å². The monoisotopic (exact) mass is 393 g/mol. The Labute approximate surface area is 163 Å². The molecular weight excluding hydrogens is 378 g/mol. The predicted molar refractivity (Wildman–Crippen MR) is 103 cm³/mol. The van der Waals surface area contributed by atoms with Gasteiger partial charge in [0, 0.05) is 11.5 Å². The van der Waals surface area contributed by atoms with Crippen LogP contribution >= 0.6 is 0 Å². The van der Waals surface area contributed by atoms with E-state index < -0.39 is 17.5 Å². The highest BCUT2D eigenvalue weighted by Crippen LogP contribution is 2.47. The van der Waals surface area contributed by atoms with Crippen molar-refractivity contribution < 1.29 is 27.6 Å². The molecule has 29 heavy (non-hydrogen) atoms. The summed E-state index contributed by atoms with van der Waals surface area (Å²) in [4.78, 5) is 11.0. The molecule has 144 valence electrons. The second-order valence-corrected chi connectivity index (χ2v) is 6.88. The zero-order valence-corrected chi connectivity index (χ0v) is 15.3. The van der Waals surface area contributed by atoms with Crippen molar-refractivity contribution in [1.29, 1.82) is 0 Å². The van der Waals surface area contributed by atoms with Gasteiger partial charge in [0.2, 0.25) is 11.2 Å². The van der Waals surface area contributed by atoms with Crippen LogP contribution in [0.15, 0.2) is 48.5 Å². The number of amides is 1. The summed E-state index contributed by atoms with van der Waals surface area (Å²) < 4.78 is 42.2. The van der Waals surface area contributed by atoms with Crippen LogP contribution in [0, 0.1) is 11.6 Å². The third kappa shape index (κ3) is 2.58. The molecule has 7 heteroatoms. The number of nitrogens with zero attached hydrogens (tertiary/aromatic N) is 1. The number of halogens is 2. The predicted octanol–water partition coefficient (Wildman–Crippen LogP) is 3.73. The number of hydrogen-bond donors (Lipinski definition) is 1. The maximum absolute atomic E-state index is 15.1. The summed E-state index contributed by atoms with van der Waals surface area (Å²) in [5.41, 5.74) is 6.92. The molecule has 5 nitrogen and oxygen atoms in total. The number of aromatic nitrogens is 1. The molecule has 0 bridgehead atoms. The third-order valence-corrected chi connectivity index (χ3v) is 5.07. The minimum absolute atomic E-state index is 0.179. The van der Waals surface area contributed by atoms with Crippen LogP contribution < -0.4 is 19.8 Å². The van der Waals surface area contributed by atoms with Gasteiger partial charge in [-0.1, -0.05) is 12.1 Å². The Hall–Kier alpha value is -3.74. The number of hydrogen-bond acceptors (Lipinski definition) is 3. The number of rotatable bonds is 3. The van der Waals surface area contributed by atoms with E-state index in [0.29, 0.717) is 44.4 Å². The molecule has 2 heterocycles. The first-order chi connectivity index (χ1) is 13.9. The van der Waals surface area contributed by atoms with Crippen LogP contribution in [0.25, 0.3) is 32.9 Å². The molecule has 0 saturated heterocycles. The van der Waals surface area contributed by atoms with Crippen molar-refractivity contribution in [2.45, 2.75) is 0 Å². The number of nitrogens with two attached hydrogens (primary N) is 1. The molecular formula is C22H15F2N2O3+. The van der Waals surface area contributed by atoms with Gasteiger partial charge in [-0.2, -0.15) is 4.57 Å². The van der Waals surface area contributed by atoms with Crippen LogP contribution in [0.2, 0.25) is 0 Å². The number of benzene rings is 3. The van der Waals surface area contributed by atoms with E-state index >= 15 is 4.39 Å². The van der Waals surface area contributed by atoms with Crippen LogP contribution in [0.4, 0.5) is 8.78 Å². The van der Waals surface area contributed by atoms with Crippen molar-refractivity contribution in [2.24, 2.45) is 12.8 Å². The number of primary amides is 1. The van der Waals surface area contributed by atoms with E-state index in [1.807, 2.05) is 0 Å². The number of carbonyl (C=O) groups excluding carboxylic acids is 1. The van der Waals surface area contributed by atoms with Gasteiger partial charge in [0.1, 0.15) is 35.9 Å². The Morgan fingerprint density at radius 2 is 1.93 bits per heavy atom. The molecule has 5 rings (SSSR count). The fourth-order valence-electron chi connectivity index (χ4n) is 3.90. The van der Waals surface area contributed by atoms with Crippen LogP contribution in [0.5, 0.6) is 17.2 Å². The number of fused-ring (bicyclic) bond motifs is 4. The quantitative estimate of drug-likeness (QED) is 0.375. The van der Waals surface area contributed by atoms with Crippen molar-refractivity contribution in [1.82, 2.24) is 0 Å². The lowest BCUT2D eigenvalue weighted by Gasteiger charge is -2.20. The lowest BCUT2D eigenvalue weighted by Crippen LogP contribution is -2.33. The van der Waals surface area contributed by atoms with Gasteiger partial charge in [-0.15, -0.1) is 0 Å². The molecule has 1 aliphatic heterocycles. The second-order valence-electron chi connectivity index (χ2n) is 6.88. The first kappa shape index (κ1) is 17.4. The Kier molecular flexibility index (Phi) is 3.67. The molecule has 0 spiro atoms. The van der Waals surface area contributed by atoms with E-state index in [-0.39, 0.29) is 12.4 Å². The van der Waals surface area contributed by atoms with Crippen LogP contribution in [0.3, 0.4) is 0 Å². The number of ether oxygens (including phenoxy) is 2. The van der Waals surface area contributed by atoms with E-state index in [1.165, 1.54) is 18.2 Å². The Morgan fingerprint density at radius 1 is 1.10 bits per heavy atom. The summed E-state index contributed by atoms with van der Waals surface area (Å²) in [6.07, 6.45) is 0. The highest BCUT2D eigenvalue weighted by atomic mass is 19.1. The van der Waals surface area contributed by atoms with E-state index in [2.05, 4.69) is 0 Å². The van der Waals surface area contributed by atoms with Crippen molar-refractivity contribution >= 4 is 27.6 Å². The van der Waals surface area contributed by atoms with Gasteiger partial charge < -0.3 is 15.2 Å². The van der Waals surface area contributed by atoms with Gasteiger partial charge in [0.25, 0.3) is 5.91 Å². The van der Waals surface area contributed by atoms with E-state index in [0.717, 1.165) is 0 Å². The third-order valence-electron chi connectivity index (χ3n) is 5.07. The molecule has 3 aromatic carbocycles. The summed E-state index contributed by atoms with van der Waals surface area (Å²) in [5.74, 6) is -0.296. The molecule has 0 unspecified atom stereocenters. The van der Waals surface area contributed by atoms with Gasteiger partial charge in [-0.05, 0) is 24.3 Å². The number of carbonyl (C=O) groups is 1. The molecule has 1 aliphatic rings. The second kappa shape index (κ2) is 6.13. The molecule has 0 aliphatic carbocycles. The molecule has 1 aromatic heterocycles. The van der Waals surface area contributed by atoms with E-state index in [1.54, 1.807) is 41.9 Å². The number of aryl methyl sites for hydroxylation is 1. The van der Waals surface area contributed by atoms with Crippen LogP contribution in [-0.2, 0) is 11.8 Å². The maximum Gasteiger partial charge on any atom is 0.255 e. The molecule has 0 saturated carbocycles. The Balaban J connectivity index is 1.90. The van der Waals surface area contributed by atoms with Gasteiger partial charge in [0.15, 0.2) is 6.61 Å². The van der Waals surface area contributed by atoms with E-state index in [4.69, 9.17) is 15.2 Å². The Morgan fingerprint density at radius 3 is 2.72 bits per heavy atom.